The zero-order valence-electron chi connectivity index (χ0n) is 12.3. The number of hydrogen-bond acceptors (Lipinski definition) is 4. The second-order valence-electron chi connectivity index (χ2n) is 4.58. The van der Waals surface area contributed by atoms with Crippen LogP contribution >= 0.6 is 0 Å². The van der Waals surface area contributed by atoms with Crippen molar-refractivity contribution in [3.8, 4) is 0 Å². The molecule has 2 rings (SSSR count). The minimum Gasteiger partial charge on any atom is -0.282 e. The fraction of sp³-hybridized carbons (Fsp3) is 0.143. The molecule has 0 bridgehead atoms. The van der Waals surface area contributed by atoms with E-state index in [4.69, 9.17) is 9.11 Å². The Morgan fingerprint density at radius 1 is 0.609 bits per heavy atom. The van der Waals surface area contributed by atoms with Crippen LogP contribution in [0.1, 0.15) is 11.1 Å². The van der Waals surface area contributed by atoms with Crippen LogP contribution in [0.3, 0.4) is 0 Å². The van der Waals surface area contributed by atoms with E-state index >= 15 is 0 Å². The van der Waals surface area contributed by atoms with Crippen LogP contribution in [0, 0.1) is 13.8 Å². The maximum absolute atomic E-state index is 10.5. The van der Waals surface area contributed by atoms with Gasteiger partial charge in [-0.05, 0) is 38.1 Å². The molecule has 2 aromatic carbocycles. The van der Waals surface area contributed by atoms with E-state index in [9.17, 15) is 16.8 Å². The zero-order chi connectivity index (χ0) is 17.0. The maximum atomic E-state index is 10.5. The zero-order valence-corrected chi connectivity index (χ0v) is 14.8. The second kappa shape index (κ2) is 8.58. The molecule has 0 saturated heterocycles. The summed E-state index contributed by atoms with van der Waals surface area (Å²) in [4.78, 5) is -0.133. The van der Waals surface area contributed by atoms with Gasteiger partial charge in [0.25, 0.3) is 20.2 Å². The first-order valence-electron chi connectivity index (χ1n) is 6.08. The molecule has 0 aliphatic carbocycles. The summed E-state index contributed by atoms with van der Waals surface area (Å²) in [6, 6.07) is 12.0. The number of aryl methyl sites for hydroxylation is 2. The van der Waals surface area contributed by atoms with Crippen molar-refractivity contribution in [3.63, 3.8) is 0 Å². The average molecular weight is 408 g/mol. The molecule has 0 aliphatic heterocycles. The molecule has 2 aromatic rings. The van der Waals surface area contributed by atoms with E-state index in [-0.39, 0.29) is 26.9 Å². The molecule has 9 heteroatoms. The van der Waals surface area contributed by atoms with Gasteiger partial charge in [0.1, 0.15) is 0 Å². The molecule has 0 saturated carbocycles. The van der Waals surface area contributed by atoms with Crippen molar-refractivity contribution in [1.82, 2.24) is 0 Å². The fourth-order valence-corrected chi connectivity index (χ4v) is 2.38. The molecule has 0 spiro atoms. The van der Waals surface area contributed by atoms with Crippen LogP contribution in [-0.4, -0.2) is 25.9 Å². The molecule has 2 N–H and O–H groups in total. The van der Waals surface area contributed by atoms with Crippen LogP contribution in [0.15, 0.2) is 58.3 Å². The predicted molar refractivity (Wildman–Crippen MR) is 82.0 cm³/mol. The topological polar surface area (TPSA) is 109 Å². The summed E-state index contributed by atoms with van der Waals surface area (Å²) < 4.78 is 59.1. The van der Waals surface area contributed by atoms with Gasteiger partial charge in [-0.15, -0.1) is 0 Å². The first-order valence-corrected chi connectivity index (χ1v) is 8.96. The maximum Gasteiger partial charge on any atom is 2.00 e. The Hall–Kier alpha value is -1.22. The minimum absolute atomic E-state index is 0. The van der Waals surface area contributed by atoms with E-state index in [0.29, 0.717) is 0 Å². The van der Waals surface area contributed by atoms with Gasteiger partial charge in [-0.3, -0.25) is 9.11 Å². The Bertz CT molecular complexity index is 752. The third kappa shape index (κ3) is 7.74. The van der Waals surface area contributed by atoms with Gasteiger partial charge in [0.2, 0.25) is 0 Å². The van der Waals surface area contributed by atoms with Crippen molar-refractivity contribution < 1.29 is 43.0 Å². The van der Waals surface area contributed by atoms with E-state index < -0.39 is 20.2 Å². The third-order valence-electron chi connectivity index (χ3n) is 2.64. The standard InChI is InChI=1S/2C7H8O3S.Cu/c2*1-6-2-4-7(5-3-6)11(8,9)10;/h2*2-5H,1H3,(H,8,9,10);/q;;+2. The van der Waals surface area contributed by atoms with Crippen LogP contribution < -0.4 is 0 Å². The van der Waals surface area contributed by atoms with Crippen molar-refractivity contribution in [2.24, 2.45) is 0 Å². The summed E-state index contributed by atoms with van der Waals surface area (Å²) in [5, 5.41) is 0. The number of rotatable bonds is 2. The molecular formula is C14H16CuO6S2+2. The fourth-order valence-electron chi connectivity index (χ4n) is 1.42. The Morgan fingerprint density at radius 2 is 0.826 bits per heavy atom. The van der Waals surface area contributed by atoms with Crippen molar-refractivity contribution in [2.75, 3.05) is 0 Å². The Kier molecular flexibility index (Phi) is 8.13. The third-order valence-corrected chi connectivity index (χ3v) is 4.37. The molecule has 6 nitrogen and oxygen atoms in total. The van der Waals surface area contributed by atoms with E-state index in [1.807, 2.05) is 13.8 Å². The number of hydrogen-bond donors (Lipinski definition) is 2. The van der Waals surface area contributed by atoms with Gasteiger partial charge < -0.3 is 0 Å². The van der Waals surface area contributed by atoms with Crippen LogP contribution in [0.2, 0.25) is 0 Å². The average Bonchev–Trinajstić information content (AvgIpc) is 2.38. The van der Waals surface area contributed by atoms with Crippen LogP contribution in [-0.2, 0) is 37.3 Å². The Morgan fingerprint density at radius 3 is 1.00 bits per heavy atom. The van der Waals surface area contributed by atoms with Gasteiger partial charge in [0.05, 0.1) is 9.79 Å². The first kappa shape index (κ1) is 21.8. The van der Waals surface area contributed by atoms with Gasteiger partial charge in [0, 0.05) is 0 Å². The molecule has 0 fully saturated rings. The molecule has 0 unspecified atom stereocenters. The van der Waals surface area contributed by atoms with Crippen molar-refractivity contribution in [2.45, 2.75) is 23.6 Å². The van der Waals surface area contributed by atoms with Gasteiger partial charge in [-0.2, -0.15) is 16.8 Å². The Labute approximate surface area is 146 Å². The summed E-state index contributed by atoms with van der Waals surface area (Å²) in [5.41, 5.74) is 1.91. The predicted octanol–water partition coefficient (Wildman–Crippen LogP) is 2.48. The SMILES string of the molecule is Cc1ccc(S(=O)(=O)O)cc1.Cc1ccc(S(=O)(=O)O)cc1.[Cu+2]. The summed E-state index contributed by atoms with van der Waals surface area (Å²) in [7, 11) is -8.04. The van der Waals surface area contributed by atoms with Crippen LogP contribution in [0.25, 0.3) is 0 Å². The largest absolute Gasteiger partial charge is 2.00 e. The van der Waals surface area contributed by atoms with Crippen molar-refractivity contribution >= 4 is 20.2 Å². The van der Waals surface area contributed by atoms with Gasteiger partial charge in [0.15, 0.2) is 0 Å². The van der Waals surface area contributed by atoms with Crippen molar-refractivity contribution in [1.29, 1.82) is 0 Å². The molecular weight excluding hydrogens is 392 g/mol. The second-order valence-corrected chi connectivity index (χ2v) is 7.42. The molecule has 0 aliphatic rings. The normalized spacial score (nSPS) is 11.0. The minimum atomic E-state index is -4.02. The quantitative estimate of drug-likeness (QED) is 0.584. The summed E-state index contributed by atoms with van der Waals surface area (Å²) in [6.07, 6.45) is 0. The monoisotopic (exact) mass is 407 g/mol. The summed E-state index contributed by atoms with van der Waals surface area (Å²) >= 11 is 0. The molecule has 0 aromatic heterocycles. The van der Waals surface area contributed by atoms with Crippen molar-refractivity contribution in [3.05, 3.63) is 59.7 Å². The van der Waals surface area contributed by atoms with E-state index in [1.165, 1.54) is 24.3 Å². The van der Waals surface area contributed by atoms with Crippen LogP contribution in [0.4, 0.5) is 0 Å². The number of benzene rings is 2. The Balaban J connectivity index is 0.000000403. The summed E-state index contributed by atoms with van der Waals surface area (Å²) in [6.45, 7) is 3.68. The van der Waals surface area contributed by atoms with E-state index in [0.717, 1.165) is 11.1 Å². The van der Waals surface area contributed by atoms with Crippen LogP contribution in [0.5, 0.6) is 0 Å². The molecule has 129 valence electrons. The molecule has 0 heterocycles. The summed E-state index contributed by atoms with van der Waals surface area (Å²) in [5.74, 6) is 0. The smallest absolute Gasteiger partial charge is 0.282 e. The molecule has 23 heavy (non-hydrogen) atoms. The molecule has 0 amide bonds. The molecule has 0 atom stereocenters. The first-order chi connectivity index (χ1) is 10.00. The van der Waals surface area contributed by atoms with E-state index in [2.05, 4.69) is 0 Å². The van der Waals surface area contributed by atoms with Gasteiger partial charge >= 0.3 is 17.1 Å². The van der Waals surface area contributed by atoms with Gasteiger partial charge in [-0.25, -0.2) is 0 Å². The van der Waals surface area contributed by atoms with E-state index in [1.54, 1.807) is 24.3 Å². The molecule has 1 radical (unpaired) electrons. The van der Waals surface area contributed by atoms with Gasteiger partial charge in [-0.1, -0.05) is 35.4 Å².